The number of nitrogens with zero attached hydrogens (tertiary/aromatic N) is 5. The Morgan fingerprint density at radius 2 is 2.00 bits per heavy atom. The van der Waals surface area contributed by atoms with E-state index in [1.807, 2.05) is 6.92 Å². The first-order valence-corrected chi connectivity index (χ1v) is 12.4. The van der Waals surface area contributed by atoms with Gasteiger partial charge in [-0.1, -0.05) is 0 Å². The summed E-state index contributed by atoms with van der Waals surface area (Å²) >= 11 is 0. The van der Waals surface area contributed by atoms with Crippen LogP contribution in [0.25, 0.3) is 11.4 Å². The van der Waals surface area contributed by atoms with Gasteiger partial charge in [-0.05, 0) is 31.2 Å². The number of urea groups is 1. The van der Waals surface area contributed by atoms with Crippen LogP contribution in [0.4, 0.5) is 16.3 Å². The van der Waals surface area contributed by atoms with Crippen LogP contribution in [0, 0.1) is 0 Å². The first-order chi connectivity index (χ1) is 16.3. The minimum atomic E-state index is -3.72. The SMILES string of the molecule is CNC(=O)Nc1ccc(-c2nc(CS(=O)(=O)c3nccn3C)cc(N3CCOC[C@@H]3C)n2)cc1. The number of carbonyl (C=O) groups excluding carboxylic acids is 1. The molecule has 2 aromatic heterocycles. The molecular formula is C22H27N7O4S. The van der Waals surface area contributed by atoms with Gasteiger partial charge >= 0.3 is 6.03 Å². The Bertz CT molecular complexity index is 1270. The zero-order chi connectivity index (χ0) is 24.3. The number of anilines is 2. The summed E-state index contributed by atoms with van der Waals surface area (Å²) in [7, 11) is -0.543. The first kappa shape index (κ1) is 23.6. The molecule has 1 saturated heterocycles. The van der Waals surface area contributed by atoms with Crippen molar-refractivity contribution >= 4 is 27.4 Å². The normalized spacial score (nSPS) is 16.3. The van der Waals surface area contributed by atoms with Gasteiger partial charge in [-0.2, -0.15) is 0 Å². The van der Waals surface area contributed by atoms with Gasteiger partial charge in [0.1, 0.15) is 11.6 Å². The molecule has 0 saturated carbocycles. The van der Waals surface area contributed by atoms with Gasteiger partial charge in [-0.15, -0.1) is 0 Å². The average molecular weight is 486 g/mol. The van der Waals surface area contributed by atoms with Crippen LogP contribution in [0.5, 0.6) is 0 Å². The predicted octanol–water partition coefficient (Wildman–Crippen LogP) is 1.83. The molecule has 3 aromatic rings. The highest BCUT2D eigenvalue weighted by Gasteiger charge is 2.25. The smallest absolute Gasteiger partial charge is 0.318 e. The number of morpholine rings is 1. The molecular weight excluding hydrogens is 458 g/mol. The molecule has 2 N–H and O–H groups in total. The Morgan fingerprint density at radius 3 is 2.65 bits per heavy atom. The Hall–Kier alpha value is -3.51. The lowest BCUT2D eigenvalue weighted by Gasteiger charge is -2.34. The molecule has 1 aromatic carbocycles. The van der Waals surface area contributed by atoms with Crippen molar-refractivity contribution in [1.82, 2.24) is 24.8 Å². The van der Waals surface area contributed by atoms with Crippen LogP contribution < -0.4 is 15.5 Å². The number of amides is 2. The van der Waals surface area contributed by atoms with Crippen molar-refractivity contribution in [2.24, 2.45) is 7.05 Å². The highest BCUT2D eigenvalue weighted by molar-refractivity contribution is 7.90. The molecule has 0 radical (unpaired) electrons. The summed E-state index contributed by atoms with van der Waals surface area (Å²) in [4.78, 5) is 27.0. The van der Waals surface area contributed by atoms with E-state index in [-0.39, 0.29) is 23.0 Å². The Labute approximate surface area is 198 Å². The number of hydrogen-bond donors (Lipinski definition) is 2. The number of aromatic nitrogens is 4. The Balaban J connectivity index is 1.72. The molecule has 0 spiro atoms. The van der Waals surface area contributed by atoms with Crippen LogP contribution >= 0.6 is 0 Å². The first-order valence-electron chi connectivity index (χ1n) is 10.8. The van der Waals surface area contributed by atoms with Gasteiger partial charge in [0.2, 0.25) is 15.0 Å². The molecule has 1 aliphatic rings. The molecule has 2 amide bonds. The molecule has 1 atom stereocenters. The molecule has 11 nitrogen and oxygen atoms in total. The van der Waals surface area contributed by atoms with Crippen LogP contribution in [0.15, 0.2) is 47.9 Å². The summed E-state index contributed by atoms with van der Waals surface area (Å²) in [5, 5.41) is 5.18. The van der Waals surface area contributed by atoms with E-state index in [0.717, 1.165) is 0 Å². The van der Waals surface area contributed by atoms with Crippen LogP contribution in [-0.4, -0.2) is 66.8 Å². The van der Waals surface area contributed by atoms with E-state index in [9.17, 15) is 13.2 Å². The average Bonchev–Trinajstić information content (AvgIpc) is 3.26. The lowest BCUT2D eigenvalue weighted by molar-refractivity contribution is 0.0985. The van der Waals surface area contributed by atoms with Crippen molar-refractivity contribution in [2.45, 2.75) is 23.9 Å². The largest absolute Gasteiger partial charge is 0.377 e. The molecule has 1 aliphatic heterocycles. The van der Waals surface area contributed by atoms with Gasteiger partial charge in [0.05, 0.1) is 24.9 Å². The summed E-state index contributed by atoms with van der Waals surface area (Å²) in [6.45, 7) is 3.78. The van der Waals surface area contributed by atoms with E-state index in [1.165, 1.54) is 17.8 Å². The molecule has 34 heavy (non-hydrogen) atoms. The molecule has 4 rings (SSSR count). The van der Waals surface area contributed by atoms with Crippen LogP contribution in [-0.2, 0) is 27.4 Å². The lowest BCUT2D eigenvalue weighted by atomic mass is 10.2. The molecule has 0 unspecified atom stereocenters. The van der Waals surface area contributed by atoms with Crippen molar-refractivity contribution in [3.8, 4) is 11.4 Å². The lowest BCUT2D eigenvalue weighted by Crippen LogP contribution is -2.44. The van der Waals surface area contributed by atoms with E-state index in [2.05, 4.69) is 25.5 Å². The Morgan fingerprint density at radius 1 is 1.24 bits per heavy atom. The zero-order valence-corrected chi connectivity index (χ0v) is 20.0. The highest BCUT2D eigenvalue weighted by Crippen LogP contribution is 2.26. The van der Waals surface area contributed by atoms with E-state index in [4.69, 9.17) is 9.72 Å². The predicted molar refractivity (Wildman–Crippen MR) is 127 cm³/mol. The molecule has 0 aliphatic carbocycles. The minimum Gasteiger partial charge on any atom is -0.377 e. The van der Waals surface area contributed by atoms with Gasteiger partial charge in [0, 0.05) is 50.4 Å². The molecule has 3 heterocycles. The second kappa shape index (κ2) is 9.77. The monoisotopic (exact) mass is 485 g/mol. The van der Waals surface area contributed by atoms with Gasteiger partial charge in [0.15, 0.2) is 5.82 Å². The van der Waals surface area contributed by atoms with E-state index in [0.29, 0.717) is 48.3 Å². The summed E-state index contributed by atoms with van der Waals surface area (Å²) in [6.07, 6.45) is 3.04. The number of imidazole rings is 1. The third-order valence-electron chi connectivity index (χ3n) is 5.45. The fourth-order valence-corrected chi connectivity index (χ4v) is 5.10. The summed E-state index contributed by atoms with van der Waals surface area (Å²) < 4.78 is 33.1. The molecule has 0 bridgehead atoms. The standard InChI is InChI=1S/C22H27N7O4S/c1-15-13-33-11-10-29(15)19-12-18(14-34(31,32)22-24-8-9-28(22)3)25-20(27-19)16-4-6-17(7-5-16)26-21(30)23-2/h4-9,12,15H,10-11,13-14H2,1-3H3,(H2,23,26,30)/t15-/m0/s1. The number of sulfone groups is 1. The molecule has 12 heteroatoms. The highest BCUT2D eigenvalue weighted by atomic mass is 32.2. The van der Waals surface area contributed by atoms with Crippen molar-refractivity contribution < 1.29 is 17.9 Å². The van der Waals surface area contributed by atoms with E-state index < -0.39 is 9.84 Å². The fraction of sp³-hybridized carbons (Fsp3) is 0.364. The summed E-state index contributed by atoms with van der Waals surface area (Å²) in [5.74, 6) is 0.723. The summed E-state index contributed by atoms with van der Waals surface area (Å²) in [5.41, 5.74) is 1.67. The number of nitrogens with one attached hydrogen (secondary N) is 2. The van der Waals surface area contributed by atoms with Crippen LogP contribution in [0.2, 0.25) is 0 Å². The van der Waals surface area contributed by atoms with Gasteiger partial charge in [-0.3, -0.25) is 0 Å². The molecule has 180 valence electrons. The molecule has 1 fully saturated rings. The van der Waals surface area contributed by atoms with Crippen molar-refractivity contribution in [3.63, 3.8) is 0 Å². The number of aryl methyl sites for hydroxylation is 1. The fourth-order valence-electron chi connectivity index (χ4n) is 3.71. The van der Waals surface area contributed by atoms with Gasteiger partial charge < -0.3 is 24.8 Å². The number of hydrogen-bond acceptors (Lipinski definition) is 8. The number of rotatable bonds is 6. The van der Waals surface area contributed by atoms with Crippen molar-refractivity contribution in [3.05, 3.63) is 48.4 Å². The van der Waals surface area contributed by atoms with Crippen molar-refractivity contribution in [1.29, 1.82) is 0 Å². The maximum Gasteiger partial charge on any atom is 0.318 e. The van der Waals surface area contributed by atoms with Crippen LogP contribution in [0.1, 0.15) is 12.6 Å². The third kappa shape index (κ3) is 5.18. The quantitative estimate of drug-likeness (QED) is 0.541. The maximum atomic E-state index is 13.0. The summed E-state index contributed by atoms with van der Waals surface area (Å²) in [6, 6.07) is 8.51. The van der Waals surface area contributed by atoms with Crippen molar-refractivity contribution in [2.75, 3.05) is 37.0 Å². The minimum absolute atomic E-state index is 0.0152. The second-order valence-electron chi connectivity index (χ2n) is 8.02. The number of benzene rings is 1. The third-order valence-corrected chi connectivity index (χ3v) is 7.07. The topological polar surface area (TPSA) is 131 Å². The van der Waals surface area contributed by atoms with Crippen LogP contribution in [0.3, 0.4) is 0 Å². The van der Waals surface area contributed by atoms with Gasteiger partial charge in [0.25, 0.3) is 0 Å². The van der Waals surface area contributed by atoms with Gasteiger partial charge in [-0.25, -0.2) is 28.2 Å². The Kier molecular flexibility index (Phi) is 6.80. The number of carbonyl (C=O) groups is 1. The second-order valence-corrected chi connectivity index (χ2v) is 9.90. The maximum absolute atomic E-state index is 13.0. The van der Waals surface area contributed by atoms with E-state index in [1.54, 1.807) is 43.6 Å². The zero-order valence-electron chi connectivity index (χ0n) is 19.2. The van der Waals surface area contributed by atoms with E-state index >= 15 is 0 Å². The number of ether oxygens (including phenoxy) is 1.